The fraction of sp³-hybridized carbons (Fsp3) is 0.750. The molecular weight excluding hydrogens is 262 g/mol. The third kappa shape index (κ3) is 4.40. The number of nitrogens with zero attached hydrogens (tertiary/aromatic N) is 3. The van der Waals surface area contributed by atoms with E-state index in [1.807, 2.05) is 13.8 Å². The molecule has 0 saturated carbocycles. The van der Waals surface area contributed by atoms with Crippen molar-refractivity contribution in [3.63, 3.8) is 0 Å². The van der Waals surface area contributed by atoms with E-state index < -0.39 is 5.54 Å². The first-order valence-corrected chi connectivity index (χ1v) is 7.49. The third-order valence-electron chi connectivity index (χ3n) is 2.88. The summed E-state index contributed by atoms with van der Waals surface area (Å²) >= 11 is 1.50. The predicted octanol–water partition coefficient (Wildman–Crippen LogP) is 1.36. The Balaban J connectivity index is 2.53. The van der Waals surface area contributed by atoms with Gasteiger partial charge in [0.1, 0.15) is 5.54 Å². The van der Waals surface area contributed by atoms with Gasteiger partial charge in [0, 0.05) is 12.3 Å². The van der Waals surface area contributed by atoms with E-state index in [-0.39, 0.29) is 5.69 Å². The number of H-pyrrole nitrogens is 1. The summed E-state index contributed by atoms with van der Waals surface area (Å²) in [5, 5.41) is 19.6. The second kappa shape index (κ2) is 7.36. The maximum atomic E-state index is 11.4. The van der Waals surface area contributed by atoms with E-state index in [0.717, 1.165) is 18.7 Å². The molecule has 0 aliphatic carbocycles. The number of aromatic nitrogens is 3. The molecule has 0 aliphatic rings. The Morgan fingerprint density at radius 3 is 2.89 bits per heavy atom. The molecule has 0 spiro atoms. The maximum Gasteiger partial charge on any atom is 0.343 e. The van der Waals surface area contributed by atoms with E-state index in [1.54, 1.807) is 4.57 Å². The summed E-state index contributed by atoms with van der Waals surface area (Å²) in [7, 11) is 0. The number of hydrogen-bond acceptors (Lipinski definition) is 5. The minimum Gasteiger partial charge on any atom is -0.300 e. The molecule has 0 saturated heterocycles. The fourth-order valence-electron chi connectivity index (χ4n) is 1.62. The summed E-state index contributed by atoms with van der Waals surface area (Å²) in [5.74, 6) is 0.741. The summed E-state index contributed by atoms with van der Waals surface area (Å²) in [6.07, 6.45) is 1.71. The molecule has 2 N–H and O–H groups in total. The Kier molecular flexibility index (Phi) is 6.12. The van der Waals surface area contributed by atoms with Crippen LogP contribution in [0.5, 0.6) is 0 Å². The van der Waals surface area contributed by atoms with E-state index in [4.69, 9.17) is 0 Å². The Labute approximate surface area is 117 Å². The summed E-state index contributed by atoms with van der Waals surface area (Å²) in [6, 6.07) is 2.31. The van der Waals surface area contributed by atoms with Crippen molar-refractivity contribution in [1.29, 1.82) is 5.26 Å². The number of hydrogen-bond donors (Lipinski definition) is 2. The zero-order valence-corrected chi connectivity index (χ0v) is 12.5. The van der Waals surface area contributed by atoms with Crippen molar-refractivity contribution in [3.05, 3.63) is 10.5 Å². The van der Waals surface area contributed by atoms with Gasteiger partial charge >= 0.3 is 5.69 Å². The molecule has 19 heavy (non-hydrogen) atoms. The molecule has 0 aliphatic heterocycles. The van der Waals surface area contributed by atoms with Crippen LogP contribution < -0.4 is 11.0 Å². The van der Waals surface area contributed by atoms with Crippen LogP contribution in [0.3, 0.4) is 0 Å². The van der Waals surface area contributed by atoms with Crippen LogP contribution in [-0.4, -0.2) is 32.6 Å². The lowest BCUT2D eigenvalue weighted by Crippen LogP contribution is -2.41. The van der Waals surface area contributed by atoms with E-state index in [2.05, 4.69) is 28.5 Å². The fourth-order valence-corrected chi connectivity index (χ4v) is 2.79. The monoisotopic (exact) mass is 283 g/mol. The van der Waals surface area contributed by atoms with Gasteiger partial charge in [-0.15, -0.1) is 5.10 Å². The first-order chi connectivity index (χ1) is 9.06. The van der Waals surface area contributed by atoms with Crippen molar-refractivity contribution in [2.45, 2.75) is 50.9 Å². The number of rotatable bonds is 8. The number of nitriles is 1. The topological polar surface area (TPSA) is 86.5 Å². The Morgan fingerprint density at radius 2 is 2.32 bits per heavy atom. The van der Waals surface area contributed by atoms with Gasteiger partial charge in [-0.05, 0) is 33.2 Å². The van der Waals surface area contributed by atoms with Gasteiger partial charge < -0.3 is 0 Å². The largest absolute Gasteiger partial charge is 0.343 e. The van der Waals surface area contributed by atoms with Crippen LogP contribution in [-0.2, 0) is 6.54 Å². The van der Waals surface area contributed by atoms with Crippen molar-refractivity contribution in [1.82, 2.24) is 20.1 Å². The quantitative estimate of drug-likeness (QED) is 0.703. The Bertz CT molecular complexity index is 489. The van der Waals surface area contributed by atoms with Crippen molar-refractivity contribution in [2.75, 3.05) is 12.3 Å². The highest BCUT2D eigenvalue weighted by atomic mass is 32.2. The third-order valence-corrected chi connectivity index (χ3v) is 3.86. The van der Waals surface area contributed by atoms with E-state index in [0.29, 0.717) is 18.1 Å². The molecule has 0 radical (unpaired) electrons. The molecule has 1 aromatic rings. The normalized spacial score (nSPS) is 14.0. The smallest absolute Gasteiger partial charge is 0.300 e. The summed E-state index contributed by atoms with van der Waals surface area (Å²) in [4.78, 5) is 11.4. The highest BCUT2D eigenvalue weighted by Crippen LogP contribution is 2.19. The molecular formula is C12H21N5OS. The van der Waals surface area contributed by atoms with Crippen LogP contribution >= 0.6 is 11.8 Å². The number of thioether (sulfide) groups is 1. The lowest BCUT2D eigenvalue weighted by atomic mass is 10.0. The molecule has 1 atom stereocenters. The zero-order valence-electron chi connectivity index (χ0n) is 11.7. The molecule has 0 fully saturated rings. The molecule has 1 unspecified atom stereocenters. The molecule has 1 heterocycles. The van der Waals surface area contributed by atoms with Crippen LogP contribution in [0.2, 0.25) is 0 Å². The number of aromatic amines is 1. The van der Waals surface area contributed by atoms with Gasteiger partial charge in [0.25, 0.3) is 0 Å². The van der Waals surface area contributed by atoms with Gasteiger partial charge in [-0.25, -0.2) is 9.89 Å². The van der Waals surface area contributed by atoms with Crippen LogP contribution in [0.4, 0.5) is 0 Å². The van der Waals surface area contributed by atoms with Gasteiger partial charge in [-0.1, -0.05) is 18.7 Å². The average molecular weight is 283 g/mol. The van der Waals surface area contributed by atoms with Crippen LogP contribution in [0.1, 0.15) is 33.6 Å². The second-order valence-corrected chi connectivity index (χ2v) is 5.59. The highest BCUT2D eigenvalue weighted by molar-refractivity contribution is 7.99. The molecule has 0 aromatic carbocycles. The van der Waals surface area contributed by atoms with Gasteiger partial charge in [0.05, 0.1) is 6.07 Å². The van der Waals surface area contributed by atoms with Crippen LogP contribution in [0, 0.1) is 11.3 Å². The standard InChI is InChI=1S/C12H21N5OS/c1-4-7-14-12(3,9-13)6-8-19-11-16-15-10(18)17(11)5-2/h14H,4-8H2,1-3H3,(H,15,18). The van der Waals surface area contributed by atoms with Crippen LogP contribution in [0.15, 0.2) is 9.95 Å². The predicted molar refractivity (Wildman–Crippen MR) is 76.2 cm³/mol. The SMILES string of the molecule is CCCNC(C)(C#N)CCSc1n[nH]c(=O)n1CC. The van der Waals surface area contributed by atoms with Gasteiger partial charge in [0.2, 0.25) is 0 Å². The highest BCUT2D eigenvalue weighted by Gasteiger charge is 2.22. The summed E-state index contributed by atoms with van der Waals surface area (Å²) < 4.78 is 1.59. The Morgan fingerprint density at radius 1 is 1.58 bits per heavy atom. The molecule has 6 nitrogen and oxygen atoms in total. The Hall–Kier alpha value is -1.26. The first kappa shape index (κ1) is 15.8. The lowest BCUT2D eigenvalue weighted by Gasteiger charge is -2.22. The average Bonchev–Trinajstić information content (AvgIpc) is 2.77. The van der Waals surface area contributed by atoms with E-state index in [9.17, 15) is 10.1 Å². The molecule has 0 bridgehead atoms. The maximum absolute atomic E-state index is 11.4. The minimum absolute atomic E-state index is 0.183. The van der Waals surface area contributed by atoms with Gasteiger partial charge in [0.15, 0.2) is 5.16 Å². The first-order valence-electron chi connectivity index (χ1n) is 6.50. The van der Waals surface area contributed by atoms with E-state index in [1.165, 1.54) is 11.8 Å². The molecule has 1 aromatic heterocycles. The second-order valence-electron chi connectivity index (χ2n) is 4.52. The summed E-state index contributed by atoms with van der Waals surface area (Å²) in [6.45, 7) is 7.31. The van der Waals surface area contributed by atoms with Crippen molar-refractivity contribution in [2.24, 2.45) is 0 Å². The number of nitrogens with one attached hydrogen (secondary N) is 2. The zero-order chi connectivity index (χ0) is 14.3. The van der Waals surface area contributed by atoms with Crippen molar-refractivity contribution in [3.8, 4) is 6.07 Å². The molecule has 0 amide bonds. The molecule has 1 rings (SSSR count). The molecule has 7 heteroatoms. The van der Waals surface area contributed by atoms with E-state index >= 15 is 0 Å². The van der Waals surface area contributed by atoms with Gasteiger partial charge in [-0.3, -0.25) is 9.88 Å². The lowest BCUT2D eigenvalue weighted by molar-refractivity contribution is 0.437. The molecule has 106 valence electrons. The summed E-state index contributed by atoms with van der Waals surface area (Å²) in [5.41, 5.74) is -0.700. The minimum atomic E-state index is -0.517. The van der Waals surface area contributed by atoms with Gasteiger partial charge in [-0.2, -0.15) is 5.26 Å². The van der Waals surface area contributed by atoms with Crippen molar-refractivity contribution < 1.29 is 0 Å². The van der Waals surface area contributed by atoms with Crippen LogP contribution in [0.25, 0.3) is 0 Å². The van der Waals surface area contributed by atoms with Crippen molar-refractivity contribution >= 4 is 11.8 Å².